The summed E-state index contributed by atoms with van der Waals surface area (Å²) in [5.74, 6) is -1.85. The lowest BCUT2D eigenvalue weighted by atomic mass is 10.2. The molecule has 0 saturated carbocycles. The highest BCUT2D eigenvalue weighted by atomic mass is 79.9. The number of hydrogen-bond donors (Lipinski definition) is 2. The molecule has 1 aromatic heterocycles. The summed E-state index contributed by atoms with van der Waals surface area (Å²) in [6.07, 6.45) is 0. The molecule has 2 N–H and O–H groups in total. The fraction of sp³-hybridized carbons (Fsp3) is 0. The van der Waals surface area contributed by atoms with E-state index in [0.29, 0.717) is 4.88 Å². The van der Waals surface area contributed by atoms with Crippen LogP contribution in [0.2, 0.25) is 0 Å². The molecule has 0 atom stereocenters. The van der Waals surface area contributed by atoms with Crippen LogP contribution in [0, 0.1) is 5.82 Å². The highest BCUT2D eigenvalue weighted by Gasteiger charge is 2.14. The predicted octanol–water partition coefficient (Wildman–Crippen LogP) is 3.49. The summed E-state index contributed by atoms with van der Waals surface area (Å²) in [5.41, 5.74) is 4.26. The molecule has 4 nitrogen and oxygen atoms in total. The Morgan fingerprint density at radius 3 is 2.35 bits per heavy atom. The summed E-state index contributed by atoms with van der Waals surface area (Å²) in [6.45, 7) is 0. The van der Waals surface area contributed by atoms with Gasteiger partial charge >= 0.3 is 0 Å². The third kappa shape index (κ3) is 3.44. The Kier molecular flexibility index (Phi) is 4.90. The molecule has 0 bridgehead atoms. The monoisotopic (exact) mass is 420 g/mol. The first-order valence-corrected chi connectivity index (χ1v) is 7.69. The quantitative estimate of drug-likeness (QED) is 0.729. The molecule has 0 fully saturated rings. The van der Waals surface area contributed by atoms with Gasteiger partial charge in [-0.3, -0.25) is 20.4 Å². The fourth-order valence-electron chi connectivity index (χ4n) is 1.35. The van der Waals surface area contributed by atoms with Gasteiger partial charge in [-0.2, -0.15) is 0 Å². The molecule has 8 heteroatoms. The van der Waals surface area contributed by atoms with Crippen molar-refractivity contribution in [2.24, 2.45) is 0 Å². The zero-order chi connectivity index (χ0) is 14.7. The van der Waals surface area contributed by atoms with Crippen molar-refractivity contribution in [1.29, 1.82) is 0 Å². The second kappa shape index (κ2) is 6.47. The number of rotatable bonds is 2. The lowest BCUT2D eigenvalue weighted by molar-refractivity contribution is 0.0846. The number of carbonyl (C=O) groups is 2. The maximum absolute atomic E-state index is 13.4. The molecule has 1 heterocycles. The Morgan fingerprint density at radius 2 is 1.75 bits per heavy atom. The molecule has 2 amide bonds. The van der Waals surface area contributed by atoms with E-state index in [4.69, 9.17) is 0 Å². The van der Waals surface area contributed by atoms with Crippen LogP contribution in [-0.2, 0) is 0 Å². The first-order chi connectivity index (χ1) is 9.49. The second-order valence-electron chi connectivity index (χ2n) is 3.62. The number of amides is 2. The third-order valence-electron chi connectivity index (χ3n) is 2.28. The molecule has 0 aliphatic heterocycles. The van der Waals surface area contributed by atoms with Gasteiger partial charge in [-0.25, -0.2) is 4.39 Å². The van der Waals surface area contributed by atoms with Gasteiger partial charge in [0.2, 0.25) is 0 Å². The van der Waals surface area contributed by atoms with Gasteiger partial charge in [0.1, 0.15) is 5.82 Å². The van der Waals surface area contributed by atoms with E-state index in [1.807, 2.05) is 0 Å². The largest absolute Gasteiger partial charge is 0.279 e. The first-order valence-electron chi connectivity index (χ1n) is 5.29. The van der Waals surface area contributed by atoms with E-state index < -0.39 is 17.6 Å². The standard InChI is InChI=1S/C12H7Br2FN2O2S/c13-7-5-9(20-10(7)14)12(19)17-16-11(18)6-3-1-2-4-8(6)15/h1-5H,(H,16,18)(H,17,19). The summed E-state index contributed by atoms with van der Waals surface area (Å²) in [6, 6.07) is 7.12. The number of hydrazine groups is 1. The SMILES string of the molecule is O=C(NNC(=O)c1ccccc1F)c1cc(Br)c(Br)s1. The van der Waals surface area contributed by atoms with E-state index >= 15 is 0 Å². The van der Waals surface area contributed by atoms with Crippen LogP contribution in [0.4, 0.5) is 4.39 Å². The number of thiophene rings is 1. The molecule has 0 aliphatic rings. The van der Waals surface area contributed by atoms with Crippen molar-refractivity contribution in [3.8, 4) is 0 Å². The Hall–Kier alpha value is -1.25. The van der Waals surface area contributed by atoms with Crippen molar-refractivity contribution >= 4 is 55.0 Å². The molecule has 2 aromatic rings. The zero-order valence-electron chi connectivity index (χ0n) is 9.75. The Labute approximate surface area is 134 Å². The topological polar surface area (TPSA) is 58.2 Å². The average molecular weight is 422 g/mol. The van der Waals surface area contributed by atoms with Crippen LogP contribution in [0.1, 0.15) is 20.0 Å². The van der Waals surface area contributed by atoms with E-state index in [1.54, 1.807) is 6.07 Å². The van der Waals surface area contributed by atoms with Gasteiger partial charge in [-0.1, -0.05) is 12.1 Å². The number of hydrogen-bond acceptors (Lipinski definition) is 3. The van der Waals surface area contributed by atoms with Crippen LogP contribution >= 0.6 is 43.2 Å². The van der Waals surface area contributed by atoms with Crippen LogP contribution < -0.4 is 10.9 Å². The Morgan fingerprint density at radius 1 is 1.10 bits per heavy atom. The summed E-state index contributed by atoms with van der Waals surface area (Å²) in [5, 5.41) is 0. The van der Waals surface area contributed by atoms with E-state index in [0.717, 1.165) is 8.26 Å². The molecular weight excluding hydrogens is 415 g/mol. The summed E-state index contributed by atoms with van der Waals surface area (Å²) in [4.78, 5) is 23.9. The molecular formula is C12H7Br2FN2O2S. The zero-order valence-corrected chi connectivity index (χ0v) is 13.7. The molecule has 0 radical (unpaired) electrons. The number of nitrogens with one attached hydrogen (secondary N) is 2. The molecule has 104 valence electrons. The Balaban J connectivity index is 2.00. The van der Waals surface area contributed by atoms with Crippen LogP contribution in [0.15, 0.2) is 38.6 Å². The Bertz CT molecular complexity index is 656. The van der Waals surface area contributed by atoms with Crippen LogP contribution in [0.5, 0.6) is 0 Å². The van der Waals surface area contributed by atoms with Crippen molar-refractivity contribution in [1.82, 2.24) is 10.9 Å². The van der Waals surface area contributed by atoms with Gasteiger partial charge in [0.05, 0.1) is 14.2 Å². The summed E-state index contributed by atoms with van der Waals surface area (Å²) >= 11 is 7.73. The van der Waals surface area contributed by atoms with Gasteiger partial charge in [0.25, 0.3) is 11.8 Å². The molecule has 0 saturated heterocycles. The second-order valence-corrected chi connectivity index (χ2v) is 6.84. The minimum atomic E-state index is -0.717. The normalized spacial score (nSPS) is 10.2. The van der Waals surface area contributed by atoms with Gasteiger partial charge in [-0.15, -0.1) is 11.3 Å². The van der Waals surface area contributed by atoms with Crippen molar-refractivity contribution in [3.05, 3.63) is 54.8 Å². The highest BCUT2D eigenvalue weighted by molar-refractivity contribution is 9.13. The van der Waals surface area contributed by atoms with E-state index in [9.17, 15) is 14.0 Å². The molecule has 0 aliphatic carbocycles. The van der Waals surface area contributed by atoms with Crippen molar-refractivity contribution in [3.63, 3.8) is 0 Å². The van der Waals surface area contributed by atoms with Crippen LogP contribution in [-0.4, -0.2) is 11.8 Å². The lowest BCUT2D eigenvalue weighted by Crippen LogP contribution is -2.41. The molecule has 2 rings (SSSR count). The molecule has 0 unspecified atom stereocenters. The number of halogens is 3. The van der Waals surface area contributed by atoms with Crippen molar-refractivity contribution in [2.45, 2.75) is 0 Å². The fourth-order valence-corrected chi connectivity index (χ4v) is 3.28. The van der Waals surface area contributed by atoms with Gasteiger partial charge < -0.3 is 0 Å². The van der Waals surface area contributed by atoms with Crippen molar-refractivity contribution < 1.29 is 14.0 Å². The summed E-state index contributed by atoms with van der Waals surface area (Å²) < 4.78 is 14.9. The number of benzene rings is 1. The number of carbonyl (C=O) groups excluding carboxylic acids is 2. The molecule has 0 spiro atoms. The predicted molar refractivity (Wildman–Crippen MR) is 81.1 cm³/mol. The van der Waals surface area contributed by atoms with Crippen LogP contribution in [0.25, 0.3) is 0 Å². The third-order valence-corrected chi connectivity index (χ3v) is 5.53. The minimum Gasteiger partial charge on any atom is -0.267 e. The van der Waals surface area contributed by atoms with E-state index in [1.165, 1.54) is 35.6 Å². The highest BCUT2D eigenvalue weighted by Crippen LogP contribution is 2.32. The molecule has 1 aromatic carbocycles. The van der Waals surface area contributed by atoms with Crippen molar-refractivity contribution in [2.75, 3.05) is 0 Å². The van der Waals surface area contributed by atoms with Gasteiger partial charge in [-0.05, 0) is 50.1 Å². The van der Waals surface area contributed by atoms with E-state index in [-0.39, 0.29) is 5.56 Å². The minimum absolute atomic E-state index is 0.138. The van der Waals surface area contributed by atoms with Gasteiger partial charge in [0.15, 0.2) is 0 Å². The smallest absolute Gasteiger partial charge is 0.267 e. The first kappa shape index (κ1) is 15.1. The van der Waals surface area contributed by atoms with Gasteiger partial charge in [0, 0.05) is 4.47 Å². The molecule has 20 heavy (non-hydrogen) atoms. The maximum Gasteiger partial charge on any atom is 0.279 e. The maximum atomic E-state index is 13.4. The lowest BCUT2D eigenvalue weighted by Gasteiger charge is -2.06. The van der Waals surface area contributed by atoms with E-state index in [2.05, 4.69) is 42.7 Å². The average Bonchev–Trinajstić information content (AvgIpc) is 2.76. The summed E-state index contributed by atoms with van der Waals surface area (Å²) in [7, 11) is 0. The van der Waals surface area contributed by atoms with Crippen LogP contribution in [0.3, 0.4) is 0 Å².